The van der Waals surface area contributed by atoms with E-state index in [2.05, 4.69) is 31.6 Å². The van der Waals surface area contributed by atoms with E-state index < -0.39 is 84.6 Å². The standard InChI is InChI=1S/C31H45N9O10/c1-15(2)10-23(30(49)50)40-27(46)20(8-5-9-35-31(33)34)37-29(48)22(13-25(43)44)39-28(47)21(38-26(45)18(32)12-24(41)42)11-16-14-36-19-7-4-3-6-17(16)19/h3-4,6-7,14-15,18,20-23,36H,5,8-13,32H2,1-2H3,(H,37,48)(H,38,45)(H,39,47)(H,40,46)(H,41,42)(H,43,44)(H,49,50)(H4,33,34,35)/t18-,20-,21-,22-,23-/m0/s1. The predicted octanol–water partition coefficient (Wildman–Crippen LogP) is -1.68. The van der Waals surface area contributed by atoms with Gasteiger partial charge in [-0.2, -0.15) is 0 Å². The van der Waals surface area contributed by atoms with E-state index in [0.717, 1.165) is 0 Å². The fourth-order valence-corrected chi connectivity index (χ4v) is 4.98. The van der Waals surface area contributed by atoms with Gasteiger partial charge < -0.3 is 58.4 Å². The minimum Gasteiger partial charge on any atom is -0.481 e. The Hall–Kier alpha value is -5.72. The molecule has 19 heteroatoms. The van der Waals surface area contributed by atoms with Crippen molar-refractivity contribution in [2.24, 2.45) is 17.4 Å². The molecule has 50 heavy (non-hydrogen) atoms. The van der Waals surface area contributed by atoms with Crippen molar-refractivity contribution in [3.05, 3.63) is 36.0 Å². The van der Waals surface area contributed by atoms with E-state index >= 15 is 0 Å². The molecular formula is C31H45N9O10. The number of amides is 4. The van der Waals surface area contributed by atoms with Gasteiger partial charge in [-0.1, -0.05) is 32.0 Å². The van der Waals surface area contributed by atoms with Gasteiger partial charge in [0, 0.05) is 30.1 Å². The first-order valence-corrected chi connectivity index (χ1v) is 15.7. The number of benzene rings is 1. The van der Waals surface area contributed by atoms with Gasteiger partial charge >= 0.3 is 17.9 Å². The summed E-state index contributed by atoms with van der Waals surface area (Å²) in [7, 11) is 0. The maximum Gasteiger partial charge on any atom is 0.326 e. The first kappa shape index (κ1) is 40.5. The number of carbonyl (C=O) groups excluding carboxylic acids is 4. The third kappa shape index (κ3) is 13.4. The van der Waals surface area contributed by atoms with Crippen molar-refractivity contribution in [2.75, 3.05) is 6.54 Å². The molecule has 0 saturated carbocycles. The van der Waals surface area contributed by atoms with Crippen LogP contribution in [-0.2, 0) is 40.0 Å². The lowest BCUT2D eigenvalue weighted by Crippen LogP contribution is -2.59. The molecule has 0 unspecified atom stereocenters. The number of aromatic nitrogens is 1. The zero-order chi connectivity index (χ0) is 37.5. The van der Waals surface area contributed by atoms with Crippen LogP contribution in [0.2, 0.25) is 0 Å². The van der Waals surface area contributed by atoms with Crippen molar-refractivity contribution in [1.29, 1.82) is 5.41 Å². The summed E-state index contributed by atoms with van der Waals surface area (Å²) in [6.07, 6.45) is -0.152. The molecule has 2 rings (SSSR count). The van der Waals surface area contributed by atoms with Crippen LogP contribution in [0.25, 0.3) is 10.9 Å². The van der Waals surface area contributed by atoms with Crippen molar-refractivity contribution >= 4 is 58.4 Å². The first-order valence-electron chi connectivity index (χ1n) is 15.7. The number of fused-ring (bicyclic) bond motifs is 1. The van der Waals surface area contributed by atoms with Gasteiger partial charge in [-0.25, -0.2) is 4.79 Å². The molecule has 274 valence electrons. The van der Waals surface area contributed by atoms with E-state index in [1.54, 1.807) is 44.3 Å². The van der Waals surface area contributed by atoms with Gasteiger partial charge in [-0.3, -0.25) is 34.2 Å². The zero-order valence-electron chi connectivity index (χ0n) is 27.7. The van der Waals surface area contributed by atoms with E-state index in [1.165, 1.54) is 0 Å². The summed E-state index contributed by atoms with van der Waals surface area (Å²) in [5.74, 6) is -8.62. The Morgan fingerprint density at radius 3 is 1.96 bits per heavy atom. The number of carboxylic acid groups (broad SMARTS) is 3. The Kier molecular flexibility index (Phi) is 15.6. The number of rotatable bonds is 21. The van der Waals surface area contributed by atoms with Crippen LogP contribution in [-0.4, -0.2) is 105 Å². The van der Waals surface area contributed by atoms with Gasteiger partial charge in [0.05, 0.1) is 18.9 Å². The van der Waals surface area contributed by atoms with Gasteiger partial charge in [0.2, 0.25) is 23.6 Å². The number of aliphatic carboxylic acids is 3. The molecule has 0 aliphatic carbocycles. The minimum absolute atomic E-state index is 0.0744. The van der Waals surface area contributed by atoms with Crippen LogP contribution in [0.4, 0.5) is 0 Å². The number of carbonyl (C=O) groups is 7. The van der Waals surface area contributed by atoms with Crippen molar-refractivity contribution < 1.29 is 48.9 Å². The summed E-state index contributed by atoms with van der Waals surface area (Å²) in [4.78, 5) is 90.9. The minimum atomic E-state index is -1.79. The molecule has 1 heterocycles. The molecule has 4 amide bonds. The highest BCUT2D eigenvalue weighted by atomic mass is 16.4. The number of carboxylic acids is 3. The molecular weight excluding hydrogens is 658 g/mol. The number of H-pyrrole nitrogens is 1. The highest BCUT2D eigenvalue weighted by Gasteiger charge is 2.33. The van der Waals surface area contributed by atoms with Gasteiger partial charge in [0.1, 0.15) is 24.2 Å². The quantitative estimate of drug-likeness (QED) is 0.0393. The Morgan fingerprint density at radius 1 is 0.800 bits per heavy atom. The smallest absolute Gasteiger partial charge is 0.326 e. The summed E-state index contributed by atoms with van der Waals surface area (Å²) >= 11 is 0. The molecule has 2 aromatic rings. The van der Waals surface area contributed by atoms with Crippen LogP contribution in [0.1, 0.15) is 51.5 Å². The maximum absolute atomic E-state index is 13.6. The van der Waals surface area contributed by atoms with Crippen LogP contribution >= 0.6 is 0 Å². The largest absolute Gasteiger partial charge is 0.481 e. The Bertz CT molecular complexity index is 1560. The predicted molar refractivity (Wildman–Crippen MR) is 178 cm³/mol. The molecule has 0 aliphatic rings. The zero-order valence-corrected chi connectivity index (χ0v) is 27.7. The van der Waals surface area contributed by atoms with Gasteiger partial charge in [-0.15, -0.1) is 0 Å². The normalized spacial score (nSPS) is 14.0. The number of aromatic amines is 1. The molecule has 0 saturated heterocycles. The molecule has 0 radical (unpaired) electrons. The third-order valence-electron chi connectivity index (χ3n) is 7.41. The lowest BCUT2D eigenvalue weighted by Gasteiger charge is -2.26. The second kappa shape index (κ2) is 19.3. The number of para-hydroxylation sites is 1. The summed E-state index contributed by atoms with van der Waals surface area (Å²) < 4.78 is 0. The highest BCUT2D eigenvalue weighted by molar-refractivity contribution is 5.97. The van der Waals surface area contributed by atoms with Crippen molar-refractivity contribution in [3.8, 4) is 0 Å². The Labute approximate surface area is 286 Å². The number of guanidine groups is 1. The average molecular weight is 704 g/mol. The third-order valence-corrected chi connectivity index (χ3v) is 7.41. The number of hydrogen-bond acceptors (Lipinski definition) is 9. The number of hydrogen-bond donors (Lipinski definition) is 12. The van der Waals surface area contributed by atoms with Gasteiger partial charge in [-0.05, 0) is 36.8 Å². The summed E-state index contributed by atoms with van der Waals surface area (Å²) in [6, 6.07) is -0.439. The average Bonchev–Trinajstić information content (AvgIpc) is 3.42. The van der Waals surface area contributed by atoms with E-state index in [9.17, 15) is 43.8 Å². The Balaban J connectivity index is 2.36. The second-order valence-corrected chi connectivity index (χ2v) is 12.1. The van der Waals surface area contributed by atoms with Crippen LogP contribution in [0.3, 0.4) is 0 Å². The molecule has 19 nitrogen and oxygen atoms in total. The summed E-state index contributed by atoms with van der Waals surface area (Å²) in [5, 5.41) is 48.2. The van der Waals surface area contributed by atoms with Gasteiger partial charge in [0.15, 0.2) is 5.96 Å². The van der Waals surface area contributed by atoms with E-state index in [0.29, 0.717) is 16.5 Å². The van der Waals surface area contributed by atoms with Gasteiger partial charge in [0.25, 0.3) is 0 Å². The van der Waals surface area contributed by atoms with E-state index in [4.69, 9.17) is 22.0 Å². The fraction of sp³-hybridized carbons (Fsp3) is 0.484. The second-order valence-electron chi connectivity index (χ2n) is 12.1. The van der Waals surface area contributed by atoms with Crippen LogP contribution < -0.4 is 38.1 Å². The van der Waals surface area contributed by atoms with Crippen molar-refractivity contribution in [2.45, 2.75) is 82.6 Å². The van der Waals surface area contributed by atoms with E-state index in [1.807, 2.05) is 0 Å². The van der Waals surface area contributed by atoms with Crippen LogP contribution in [0, 0.1) is 11.3 Å². The fourth-order valence-electron chi connectivity index (χ4n) is 4.98. The molecule has 1 aromatic heterocycles. The monoisotopic (exact) mass is 703 g/mol. The Morgan fingerprint density at radius 2 is 1.36 bits per heavy atom. The molecule has 14 N–H and O–H groups in total. The SMILES string of the molecule is CC(C)C[C@H](NC(=O)[C@H](CCCNC(=N)N)NC(=O)[C@H](CC(=O)O)NC(=O)[C@H](Cc1c[nH]c2ccccc12)NC(=O)[C@@H](N)CC(=O)O)C(=O)O. The molecule has 0 aliphatic heterocycles. The molecule has 0 spiro atoms. The van der Waals surface area contributed by atoms with Crippen LogP contribution in [0.15, 0.2) is 30.5 Å². The number of nitrogens with one attached hydrogen (secondary N) is 7. The van der Waals surface area contributed by atoms with Crippen molar-refractivity contribution in [1.82, 2.24) is 31.6 Å². The highest BCUT2D eigenvalue weighted by Crippen LogP contribution is 2.19. The molecule has 5 atom stereocenters. The maximum atomic E-state index is 13.6. The van der Waals surface area contributed by atoms with Crippen molar-refractivity contribution in [3.63, 3.8) is 0 Å². The molecule has 0 bridgehead atoms. The lowest BCUT2D eigenvalue weighted by atomic mass is 10.0. The molecule has 0 fully saturated rings. The first-order chi connectivity index (χ1) is 23.5. The topological polar surface area (TPSA) is 332 Å². The van der Waals surface area contributed by atoms with Crippen LogP contribution in [0.5, 0.6) is 0 Å². The summed E-state index contributed by atoms with van der Waals surface area (Å²) in [5.41, 5.74) is 12.3. The van der Waals surface area contributed by atoms with E-state index in [-0.39, 0.29) is 44.1 Å². The lowest BCUT2D eigenvalue weighted by molar-refractivity contribution is -0.143. The summed E-state index contributed by atoms with van der Waals surface area (Å²) in [6.45, 7) is 3.61. The number of nitrogens with two attached hydrogens (primary N) is 2. The molecule has 1 aromatic carbocycles.